The van der Waals surface area contributed by atoms with E-state index in [4.69, 9.17) is 0 Å². The molecule has 0 spiro atoms. The van der Waals surface area contributed by atoms with Gasteiger partial charge in [0.05, 0.1) is 0 Å². The number of aromatic amines is 2. The monoisotopic (exact) mass is 208 g/mol. The van der Waals surface area contributed by atoms with E-state index in [9.17, 15) is 0 Å². The highest BCUT2D eigenvalue weighted by Gasteiger charge is 1.98. The molecule has 0 atom stereocenters. The zero-order valence-electron chi connectivity index (χ0n) is 8.77. The number of H-pyrrole nitrogens is 2. The third-order valence-corrected chi connectivity index (χ3v) is 2.69. The molecule has 0 unspecified atom stereocenters. The van der Waals surface area contributed by atoms with E-state index in [1.165, 1.54) is 16.5 Å². The van der Waals surface area contributed by atoms with Crippen LogP contribution in [0, 0.1) is 0 Å². The maximum Gasteiger partial charge on any atom is 0.0460 e. The van der Waals surface area contributed by atoms with Crippen molar-refractivity contribution in [3.63, 3.8) is 0 Å². The first-order chi connectivity index (χ1) is 7.93. The molecule has 16 heavy (non-hydrogen) atoms. The number of fused-ring (bicyclic) bond motifs is 1. The van der Waals surface area contributed by atoms with Gasteiger partial charge in [-0.2, -0.15) is 0 Å². The van der Waals surface area contributed by atoms with Crippen LogP contribution in [0.3, 0.4) is 0 Å². The summed E-state index contributed by atoms with van der Waals surface area (Å²) in [6, 6.07) is 12.3. The van der Waals surface area contributed by atoms with Crippen LogP contribution in [-0.2, 0) is 0 Å². The minimum atomic E-state index is 1.12. The second-order valence-corrected chi connectivity index (χ2v) is 3.75. The molecule has 0 aliphatic heterocycles. The highest BCUT2D eigenvalue weighted by atomic mass is 14.7. The van der Waals surface area contributed by atoms with Gasteiger partial charge < -0.3 is 9.97 Å². The minimum absolute atomic E-state index is 1.12. The van der Waals surface area contributed by atoms with Gasteiger partial charge in [0.25, 0.3) is 0 Å². The van der Waals surface area contributed by atoms with E-state index in [1.54, 1.807) is 0 Å². The SMILES string of the molecule is C(=C\c1c[nH]c2ccccc12)/c1ccc[nH]1. The van der Waals surface area contributed by atoms with Gasteiger partial charge in [-0.25, -0.2) is 0 Å². The van der Waals surface area contributed by atoms with Crippen LogP contribution in [0.5, 0.6) is 0 Å². The lowest BCUT2D eigenvalue weighted by molar-refractivity contribution is 1.38. The third kappa shape index (κ3) is 1.54. The van der Waals surface area contributed by atoms with Crippen molar-refractivity contribution in [2.24, 2.45) is 0 Å². The minimum Gasteiger partial charge on any atom is -0.362 e. The molecule has 0 saturated heterocycles. The Balaban J connectivity index is 2.01. The van der Waals surface area contributed by atoms with Crippen LogP contribution in [0.1, 0.15) is 11.3 Å². The lowest BCUT2D eigenvalue weighted by Gasteiger charge is -1.90. The van der Waals surface area contributed by atoms with Gasteiger partial charge in [-0.15, -0.1) is 0 Å². The number of hydrogen-bond acceptors (Lipinski definition) is 0. The van der Waals surface area contributed by atoms with E-state index in [1.807, 2.05) is 30.6 Å². The summed E-state index contributed by atoms with van der Waals surface area (Å²) in [6.07, 6.45) is 8.15. The van der Waals surface area contributed by atoms with Gasteiger partial charge in [-0.05, 0) is 29.8 Å². The van der Waals surface area contributed by atoms with Crippen LogP contribution in [0.4, 0.5) is 0 Å². The largest absolute Gasteiger partial charge is 0.362 e. The fourth-order valence-corrected chi connectivity index (χ4v) is 1.86. The molecule has 0 aliphatic carbocycles. The fourth-order valence-electron chi connectivity index (χ4n) is 1.86. The molecule has 2 N–H and O–H groups in total. The molecule has 2 heteroatoms. The molecule has 3 aromatic rings. The summed E-state index contributed by atoms with van der Waals surface area (Å²) in [5.41, 5.74) is 3.50. The van der Waals surface area contributed by atoms with E-state index in [0.717, 1.165) is 5.69 Å². The zero-order valence-corrected chi connectivity index (χ0v) is 8.77. The zero-order chi connectivity index (χ0) is 10.8. The number of aromatic nitrogens is 2. The first-order valence-electron chi connectivity index (χ1n) is 5.31. The Labute approximate surface area is 93.6 Å². The highest BCUT2D eigenvalue weighted by Crippen LogP contribution is 2.19. The van der Waals surface area contributed by atoms with E-state index in [0.29, 0.717) is 0 Å². The van der Waals surface area contributed by atoms with Crippen LogP contribution >= 0.6 is 0 Å². The lowest BCUT2D eigenvalue weighted by atomic mass is 10.1. The molecule has 0 amide bonds. The van der Waals surface area contributed by atoms with Crippen LogP contribution in [0.15, 0.2) is 48.8 Å². The van der Waals surface area contributed by atoms with Crippen molar-refractivity contribution in [1.82, 2.24) is 9.97 Å². The Bertz CT molecular complexity index is 615. The fraction of sp³-hybridized carbons (Fsp3) is 0. The summed E-state index contributed by atoms with van der Waals surface area (Å²) < 4.78 is 0. The van der Waals surface area contributed by atoms with Gasteiger partial charge >= 0.3 is 0 Å². The molecule has 0 fully saturated rings. The number of benzene rings is 1. The normalized spacial score (nSPS) is 11.5. The second-order valence-electron chi connectivity index (χ2n) is 3.75. The molecule has 0 bridgehead atoms. The predicted molar refractivity (Wildman–Crippen MR) is 68.0 cm³/mol. The van der Waals surface area contributed by atoms with Gasteiger partial charge in [0, 0.05) is 29.0 Å². The van der Waals surface area contributed by atoms with Gasteiger partial charge in [-0.1, -0.05) is 24.3 Å². The smallest absolute Gasteiger partial charge is 0.0460 e. The molecule has 78 valence electrons. The van der Waals surface area contributed by atoms with E-state index in [-0.39, 0.29) is 0 Å². The van der Waals surface area contributed by atoms with Crippen molar-refractivity contribution in [1.29, 1.82) is 0 Å². The maximum atomic E-state index is 3.26. The van der Waals surface area contributed by atoms with Gasteiger partial charge in [0.15, 0.2) is 0 Å². The lowest BCUT2D eigenvalue weighted by Crippen LogP contribution is -1.69. The number of hydrogen-bond donors (Lipinski definition) is 2. The molecule has 2 aromatic heterocycles. The average molecular weight is 208 g/mol. The molecule has 3 rings (SSSR count). The second kappa shape index (κ2) is 3.74. The van der Waals surface area contributed by atoms with Gasteiger partial charge in [-0.3, -0.25) is 0 Å². The molecule has 0 aliphatic rings. The molecule has 2 nitrogen and oxygen atoms in total. The standard InChI is InChI=1S/C14H12N2/c1-2-6-14-13(5-1)11(10-16-14)7-8-12-4-3-9-15-12/h1-10,15-16H/b8-7+. The Hall–Kier alpha value is -2.22. The van der Waals surface area contributed by atoms with Crippen molar-refractivity contribution in [2.75, 3.05) is 0 Å². The summed E-state index contributed by atoms with van der Waals surface area (Å²) in [5.74, 6) is 0. The Morgan fingerprint density at radius 2 is 1.81 bits per heavy atom. The van der Waals surface area contributed by atoms with Crippen molar-refractivity contribution in [3.05, 3.63) is 60.0 Å². The topological polar surface area (TPSA) is 31.6 Å². The van der Waals surface area contributed by atoms with E-state index < -0.39 is 0 Å². The van der Waals surface area contributed by atoms with Crippen LogP contribution < -0.4 is 0 Å². The maximum absolute atomic E-state index is 3.26. The summed E-state index contributed by atoms with van der Waals surface area (Å²) in [6.45, 7) is 0. The van der Waals surface area contributed by atoms with E-state index >= 15 is 0 Å². The van der Waals surface area contributed by atoms with Gasteiger partial charge in [0.1, 0.15) is 0 Å². The average Bonchev–Trinajstić information content (AvgIpc) is 2.96. The summed E-state index contributed by atoms with van der Waals surface area (Å²) in [5, 5.41) is 1.25. The summed E-state index contributed by atoms with van der Waals surface area (Å²) in [7, 11) is 0. The molecular formula is C14H12N2. The van der Waals surface area contributed by atoms with Crippen LogP contribution in [0.25, 0.3) is 23.1 Å². The van der Waals surface area contributed by atoms with E-state index in [2.05, 4.69) is 40.3 Å². The number of nitrogens with one attached hydrogen (secondary N) is 2. The number of para-hydroxylation sites is 1. The highest BCUT2D eigenvalue weighted by molar-refractivity contribution is 5.91. The molecule has 1 aromatic carbocycles. The van der Waals surface area contributed by atoms with Crippen LogP contribution in [-0.4, -0.2) is 9.97 Å². The summed E-state index contributed by atoms with van der Waals surface area (Å²) >= 11 is 0. The van der Waals surface area contributed by atoms with Crippen molar-refractivity contribution in [2.45, 2.75) is 0 Å². The molecular weight excluding hydrogens is 196 g/mol. The Kier molecular flexibility index (Phi) is 2.11. The van der Waals surface area contributed by atoms with Crippen molar-refractivity contribution >= 4 is 23.1 Å². The first-order valence-corrected chi connectivity index (χ1v) is 5.31. The van der Waals surface area contributed by atoms with Crippen molar-refractivity contribution < 1.29 is 0 Å². The van der Waals surface area contributed by atoms with Gasteiger partial charge in [0.2, 0.25) is 0 Å². The predicted octanol–water partition coefficient (Wildman–Crippen LogP) is 3.67. The molecule has 2 heterocycles. The quantitative estimate of drug-likeness (QED) is 0.644. The Morgan fingerprint density at radius 3 is 2.69 bits per heavy atom. The number of rotatable bonds is 2. The Morgan fingerprint density at radius 1 is 0.875 bits per heavy atom. The van der Waals surface area contributed by atoms with Crippen LogP contribution in [0.2, 0.25) is 0 Å². The molecule has 0 saturated carbocycles. The van der Waals surface area contributed by atoms with Crippen molar-refractivity contribution in [3.8, 4) is 0 Å². The third-order valence-electron chi connectivity index (χ3n) is 2.69. The first kappa shape index (κ1) is 9.04. The molecule has 0 radical (unpaired) electrons. The summed E-state index contributed by atoms with van der Waals surface area (Å²) in [4.78, 5) is 6.41.